The molecule has 4 rings (SSSR count). The summed E-state index contributed by atoms with van der Waals surface area (Å²) in [6, 6.07) is 9.89. The van der Waals surface area contributed by atoms with Crippen LogP contribution < -0.4 is 0 Å². The van der Waals surface area contributed by atoms with Crippen LogP contribution in [0.25, 0.3) is 16.3 Å². The monoisotopic (exact) mass is 234 g/mol. The van der Waals surface area contributed by atoms with Crippen LogP contribution in [0.3, 0.4) is 0 Å². The molecule has 0 fully saturated rings. The SMILES string of the molecule is O=C1C(=O)c2cc3ccccc3c3c2C1=CCC3. The van der Waals surface area contributed by atoms with Crippen molar-refractivity contribution in [2.75, 3.05) is 0 Å². The predicted molar refractivity (Wildman–Crippen MR) is 69.6 cm³/mol. The molecule has 0 spiro atoms. The van der Waals surface area contributed by atoms with Crippen LogP contribution in [-0.4, -0.2) is 11.6 Å². The van der Waals surface area contributed by atoms with Gasteiger partial charge in [-0.1, -0.05) is 30.3 Å². The maximum absolute atomic E-state index is 12.0. The first kappa shape index (κ1) is 9.77. The van der Waals surface area contributed by atoms with Crippen LogP contribution in [0.4, 0.5) is 0 Å². The topological polar surface area (TPSA) is 34.1 Å². The third kappa shape index (κ3) is 1.03. The van der Waals surface area contributed by atoms with Gasteiger partial charge < -0.3 is 0 Å². The van der Waals surface area contributed by atoms with Crippen LogP contribution >= 0.6 is 0 Å². The first-order valence-corrected chi connectivity index (χ1v) is 6.11. The lowest BCUT2D eigenvalue weighted by atomic mass is 9.87. The summed E-state index contributed by atoms with van der Waals surface area (Å²) in [4.78, 5) is 23.9. The molecule has 0 aliphatic heterocycles. The predicted octanol–water partition coefficient (Wildman–Crippen LogP) is 2.93. The highest BCUT2D eigenvalue weighted by Gasteiger charge is 2.37. The highest BCUT2D eigenvalue weighted by molar-refractivity contribution is 6.63. The quantitative estimate of drug-likeness (QED) is 0.657. The number of hydrogen-bond donors (Lipinski definition) is 0. The Morgan fingerprint density at radius 1 is 1.00 bits per heavy atom. The van der Waals surface area contributed by atoms with Crippen LogP contribution in [0.2, 0.25) is 0 Å². The van der Waals surface area contributed by atoms with Gasteiger partial charge in [0.05, 0.1) is 0 Å². The lowest BCUT2D eigenvalue weighted by Gasteiger charge is -2.15. The molecule has 0 aromatic heterocycles. The summed E-state index contributed by atoms with van der Waals surface area (Å²) in [5, 5.41) is 2.22. The van der Waals surface area contributed by atoms with Crippen molar-refractivity contribution in [1.82, 2.24) is 0 Å². The zero-order chi connectivity index (χ0) is 12.3. The first-order valence-electron chi connectivity index (χ1n) is 6.11. The van der Waals surface area contributed by atoms with E-state index in [9.17, 15) is 9.59 Å². The molecule has 2 aliphatic rings. The molecule has 0 radical (unpaired) electrons. The average Bonchev–Trinajstić information content (AvgIpc) is 2.66. The van der Waals surface area contributed by atoms with Crippen LogP contribution in [0, 0.1) is 0 Å². The minimum absolute atomic E-state index is 0.332. The number of ketones is 2. The summed E-state index contributed by atoms with van der Waals surface area (Å²) in [6.45, 7) is 0. The van der Waals surface area contributed by atoms with Crippen molar-refractivity contribution in [1.29, 1.82) is 0 Å². The molecular weight excluding hydrogens is 224 g/mol. The minimum Gasteiger partial charge on any atom is -0.285 e. The molecule has 2 heteroatoms. The second-order valence-electron chi connectivity index (χ2n) is 4.81. The van der Waals surface area contributed by atoms with Crippen molar-refractivity contribution < 1.29 is 9.59 Å². The lowest BCUT2D eigenvalue weighted by molar-refractivity contribution is -0.109. The number of hydrogen-bond acceptors (Lipinski definition) is 2. The van der Waals surface area contributed by atoms with Gasteiger partial charge in [0.2, 0.25) is 11.6 Å². The molecule has 2 aromatic carbocycles. The van der Waals surface area contributed by atoms with Gasteiger partial charge in [0, 0.05) is 16.7 Å². The number of benzene rings is 2. The molecular formula is C16H10O2. The van der Waals surface area contributed by atoms with E-state index in [2.05, 4.69) is 6.07 Å². The Bertz CT molecular complexity index is 766. The fourth-order valence-electron chi connectivity index (χ4n) is 3.08. The number of carbonyl (C=O) groups excluding carboxylic acids is 2. The largest absolute Gasteiger partial charge is 0.285 e. The number of rotatable bonds is 0. The summed E-state index contributed by atoms with van der Waals surface area (Å²) < 4.78 is 0. The Balaban J connectivity index is 2.23. The number of fused-ring (bicyclic) bond motifs is 2. The standard InChI is InChI=1S/C16H10O2/c17-15-12-7-3-6-11-10-5-2-1-4-9(10)8-13(14(11)12)16(15)18/h1-2,4-5,7-8H,3,6H2. The van der Waals surface area contributed by atoms with Gasteiger partial charge in [0.15, 0.2) is 0 Å². The zero-order valence-corrected chi connectivity index (χ0v) is 9.69. The smallest absolute Gasteiger partial charge is 0.234 e. The Kier molecular flexibility index (Phi) is 1.72. The lowest BCUT2D eigenvalue weighted by Crippen LogP contribution is -2.05. The van der Waals surface area contributed by atoms with Crippen molar-refractivity contribution in [3.05, 3.63) is 53.1 Å². The zero-order valence-electron chi connectivity index (χ0n) is 9.69. The second kappa shape index (κ2) is 3.16. The summed E-state index contributed by atoms with van der Waals surface area (Å²) in [5.41, 5.74) is 3.29. The number of allylic oxidation sites excluding steroid dienone is 2. The Morgan fingerprint density at radius 2 is 1.83 bits per heavy atom. The summed E-state index contributed by atoms with van der Waals surface area (Å²) >= 11 is 0. The van der Waals surface area contributed by atoms with E-state index in [-0.39, 0.29) is 11.6 Å². The van der Waals surface area contributed by atoms with Crippen molar-refractivity contribution in [3.63, 3.8) is 0 Å². The molecule has 0 saturated heterocycles. The van der Waals surface area contributed by atoms with Gasteiger partial charge in [-0.25, -0.2) is 0 Å². The van der Waals surface area contributed by atoms with Crippen molar-refractivity contribution in [3.8, 4) is 0 Å². The van der Waals surface area contributed by atoms with Gasteiger partial charge in [-0.05, 0) is 35.2 Å². The van der Waals surface area contributed by atoms with E-state index in [1.165, 1.54) is 10.9 Å². The third-order valence-corrected chi connectivity index (χ3v) is 3.86. The maximum Gasteiger partial charge on any atom is 0.234 e. The third-order valence-electron chi connectivity index (χ3n) is 3.86. The number of aryl methyl sites for hydroxylation is 1. The van der Waals surface area contributed by atoms with E-state index < -0.39 is 0 Å². The van der Waals surface area contributed by atoms with Gasteiger partial charge in [0.25, 0.3) is 0 Å². The van der Waals surface area contributed by atoms with Crippen LogP contribution in [0.15, 0.2) is 36.4 Å². The first-order chi connectivity index (χ1) is 8.77. The van der Waals surface area contributed by atoms with E-state index in [4.69, 9.17) is 0 Å². The second-order valence-corrected chi connectivity index (χ2v) is 4.81. The van der Waals surface area contributed by atoms with Crippen LogP contribution in [-0.2, 0) is 11.2 Å². The van der Waals surface area contributed by atoms with E-state index >= 15 is 0 Å². The molecule has 0 heterocycles. The molecule has 0 unspecified atom stereocenters. The summed E-state index contributed by atoms with van der Waals surface area (Å²) in [6.07, 6.45) is 3.66. The van der Waals surface area contributed by atoms with E-state index in [1.54, 1.807) is 0 Å². The minimum atomic E-state index is -0.342. The summed E-state index contributed by atoms with van der Waals surface area (Å²) in [5.74, 6) is -0.675. The summed E-state index contributed by atoms with van der Waals surface area (Å²) in [7, 11) is 0. The highest BCUT2D eigenvalue weighted by Crippen LogP contribution is 2.40. The van der Waals surface area contributed by atoms with E-state index in [1.807, 2.05) is 30.3 Å². The Labute approximate surface area is 104 Å². The molecule has 86 valence electrons. The molecule has 0 atom stereocenters. The normalized spacial score (nSPS) is 17.0. The average molecular weight is 234 g/mol. The maximum atomic E-state index is 12.0. The molecule has 2 aliphatic carbocycles. The van der Waals surface area contributed by atoms with Crippen molar-refractivity contribution in [2.45, 2.75) is 12.8 Å². The molecule has 2 nitrogen and oxygen atoms in total. The molecule has 0 saturated carbocycles. The van der Waals surface area contributed by atoms with Gasteiger partial charge in [-0.15, -0.1) is 0 Å². The molecule has 0 N–H and O–H groups in total. The van der Waals surface area contributed by atoms with Gasteiger partial charge in [0.1, 0.15) is 0 Å². The van der Waals surface area contributed by atoms with Crippen LogP contribution in [0.1, 0.15) is 27.9 Å². The fraction of sp³-hybridized carbons (Fsp3) is 0.125. The molecule has 18 heavy (non-hydrogen) atoms. The van der Waals surface area contributed by atoms with Crippen molar-refractivity contribution >= 4 is 27.9 Å². The Hall–Kier alpha value is -2.22. The molecule has 0 amide bonds. The van der Waals surface area contributed by atoms with Crippen molar-refractivity contribution in [2.24, 2.45) is 0 Å². The molecule has 2 aromatic rings. The highest BCUT2D eigenvalue weighted by atomic mass is 16.2. The van der Waals surface area contributed by atoms with E-state index in [0.29, 0.717) is 11.1 Å². The Morgan fingerprint density at radius 3 is 2.72 bits per heavy atom. The van der Waals surface area contributed by atoms with Gasteiger partial charge in [-0.2, -0.15) is 0 Å². The number of Topliss-reactive ketones (excluding diaryl/α,β-unsaturated/α-hetero) is 2. The van der Waals surface area contributed by atoms with Gasteiger partial charge >= 0.3 is 0 Å². The fourth-order valence-corrected chi connectivity index (χ4v) is 3.08. The van der Waals surface area contributed by atoms with Gasteiger partial charge in [-0.3, -0.25) is 9.59 Å². The molecule has 0 bridgehead atoms. The number of carbonyl (C=O) groups is 2. The van der Waals surface area contributed by atoms with E-state index in [0.717, 1.165) is 23.8 Å². The van der Waals surface area contributed by atoms with Crippen LogP contribution in [0.5, 0.6) is 0 Å².